The third-order valence-corrected chi connectivity index (χ3v) is 5.13. The van der Waals surface area contributed by atoms with Crippen LogP contribution in [0, 0.1) is 10.1 Å². The first kappa shape index (κ1) is 17.1. The predicted molar refractivity (Wildman–Crippen MR) is 82.6 cm³/mol. The first-order valence-corrected chi connectivity index (χ1v) is 8.63. The lowest BCUT2D eigenvalue weighted by atomic mass is 10.3. The molecule has 0 aromatic heterocycles. The van der Waals surface area contributed by atoms with Gasteiger partial charge in [0, 0.05) is 45.3 Å². The summed E-state index contributed by atoms with van der Waals surface area (Å²) in [6.07, 6.45) is 0. The van der Waals surface area contributed by atoms with E-state index in [1.807, 2.05) is 0 Å². The van der Waals surface area contributed by atoms with E-state index in [1.165, 1.54) is 12.1 Å². The summed E-state index contributed by atoms with van der Waals surface area (Å²) in [5.41, 5.74) is -0.424. The largest absolute Gasteiger partial charge is 0.314 e. The molecule has 0 spiro atoms. The molecule has 1 heterocycles. The van der Waals surface area contributed by atoms with Crippen LogP contribution in [0.25, 0.3) is 0 Å². The van der Waals surface area contributed by atoms with E-state index in [4.69, 9.17) is 11.6 Å². The van der Waals surface area contributed by atoms with Crippen LogP contribution in [0.3, 0.4) is 0 Å². The van der Waals surface area contributed by atoms with E-state index in [0.717, 1.165) is 32.2 Å². The molecule has 0 radical (unpaired) electrons. The molecule has 10 heteroatoms. The summed E-state index contributed by atoms with van der Waals surface area (Å²) in [7, 11) is -3.79. The molecule has 0 amide bonds. The van der Waals surface area contributed by atoms with Crippen molar-refractivity contribution in [2.75, 3.05) is 39.3 Å². The number of hydrogen-bond donors (Lipinski definition) is 2. The van der Waals surface area contributed by atoms with Gasteiger partial charge in [0.2, 0.25) is 10.0 Å². The van der Waals surface area contributed by atoms with Gasteiger partial charge in [-0.25, -0.2) is 13.1 Å². The minimum absolute atomic E-state index is 0.0928. The fourth-order valence-corrected chi connectivity index (χ4v) is 3.38. The van der Waals surface area contributed by atoms with E-state index in [1.54, 1.807) is 0 Å². The van der Waals surface area contributed by atoms with Gasteiger partial charge in [0.25, 0.3) is 5.69 Å². The Kier molecular flexibility index (Phi) is 5.70. The average Bonchev–Trinajstić information content (AvgIpc) is 2.48. The van der Waals surface area contributed by atoms with Crippen LogP contribution in [-0.4, -0.2) is 57.5 Å². The minimum Gasteiger partial charge on any atom is -0.314 e. The van der Waals surface area contributed by atoms with Gasteiger partial charge in [-0.1, -0.05) is 11.6 Å². The second-order valence-electron chi connectivity index (χ2n) is 4.86. The molecule has 2 rings (SSSR count). The first-order chi connectivity index (χ1) is 10.4. The van der Waals surface area contributed by atoms with Crippen molar-refractivity contribution in [3.05, 3.63) is 33.3 Å². The summed E-state index contributed by atoms with van der Waals surface area (Å²) in [5, 5.41) is 13.9. The quantitative estimate of drug-likeness (QED) is 0.570. The Hall–Kier alpha value is -1.26. The highest BCUT2D eigenvalue weighted by Gasteiger charge is 2.20. The predicted octanol–water partition coefficient (Wildman–Crippen LogP) is 0.432. The van der Waals surface area contributed by atoms with E-state index in [0.29, 0.717) is 6.54 Å². The maximum absolute atomic E-state index is 12.2. The Balaban J connectivity index is 2.00. The molecule has 8 nitrogen and oxygen atoms in total. The van der Waals surface area contributed by atoms with Crippen LogP contribution in [0.15, 0.2) is 23.1 Å². The van der Waals surface area contributed by atoms with E-state index in [-0.39, 0.29) is 16.5 Å². The monoisotopic (exact) mass is 348 g/mol. The second-order valence-corrected chi connectivity index (χ2v) is 7.03. The van der Waals surface area contributed by atoms with Crippen molar-refractivity contribution in [1.29, 1.82) is 0 Å². The van der Waals surface area contributed by atoms with E-state index in [9.17, 15) is 18.5 Å². The summed E-state index contributed by atoms with van der Waals surface area (Å²) in [5.74, 6) is 0. The molecule has 0 bridgehead atoms. The highest BCUT2D eigenvalue weighted by molar-refractivity contribution is 7.89. The molecular formula is C12H17ClN4O4S. The second kappa shape index (κ2) is 7.34. The van der Waals surface area contributed by atoms with Gasteiger partial charge >= 0.3 is 0 Å². The fourth-order valence-electron chi connectivity index (χ4n) is 2.16. The Morgan fingerprint density at radius 1 is 1.36 bits per heavy atom. The van der Waals surface area contributed by atoms with E-state index >= 15 is 0 Å². The first-order valence-electron chi connectivity index (χ1n) is 6.77. The zero-order chi connectivity index (χ0) is 16.2. The molecule has 0 unspecified atom stereocenters. The molecule has 0 aliphatic carbocycles. The Bertz CT molecular complexity index is 647. The van der Waals surface area contributed by atoms with Crippen LogP contribution in [0.2, 0.25) is 5.02 Å². The summed E-state index contributed by atoms with van der Waals surface area (Å²) < 4.78 is 26.8. The van der Waals surface area contributed by atoms with Gasteiger partial charge in [0.05, 0.1) is 9.82 Å². The molecule has 1 aromatic carbocycles. The molecule has 1 saturated heterocycles. The lowest BCUT2D eigenvalue weighted by Gasteiger charge is -2.27. The van der Waals surface area contributed by atoms with E-state index < -0.39 is 20.6 Å². The lowest BCUT2D eigenvalue weighted by Crippen LogP contribution is -2.46. The highest BCUT2D eigenvalue weighted by Crippen LogP contribution is 2.26. The third kappa shape index (κ3) is 4.37. The highest BCUT2D eigenvalue weighted by atomic mass is 35.5. The normalized spacial score (nSPS) is 16.6. The molecule has 0 saturated carbocycles. The van der Waals surface area contributed by atoms with Crippen LogP contribution in [0.4, 0.5) is 5.69 Å². The maximum Gasteiger partial charge on any atom is 0.289 e. The van der Waals surface area contributed by atoms with Crippen LogP contribution in [0.1, 0.15) is 0 Å². The zero-order valence-corrected chi connectivity index (χ0v) is 13.4. The molecule has 1 aliphatic rings. The van der Waals surface area contributed by atoms with Crippen molar-refractivity contribution < 1.29 is 13.3 Å². The third-order valence-electron chi connectivity index (χ3n) is 3.35. The minimum atomic E-state index is -3.79. The Morgan fingerprint density at radius 2 is 2.05 bits per heavy atom. The number of benzene rings is 1. The summed E-state index contributed by atoms with van der Waals surface area (Å²) in [6.45, 7) is 4.35. The average molecular weight is 349 g/mol. The number of nitrogens with zero attached hydrogens (tertiary/aromatic N) is 2. The molecule has 0 atom stereocenters. The number of nitrogens with one attached hydrogen (secondary N) is 2. The SMILES string of the molecule is O=[N+]([O-])c1cc(S(=O)(=O)NCCN2CCNCC2)ccc1Cl. The number of sulfonamides is 1. The van der Waals surface area contributed by atoms with Gasteiger partial charge < -0.3 is 5.32 Å². The van der Waals surface area contributed by atoms with Crippen molar-refractivity contribution in [2.24, 2.45) is 0 Å². The summed E-state index contributed by atoms with van der Waals surface area (Å²) in [4.78, 5) is 12.1. The van der Waals surface area contributed by atoms with Crippen molar-refractivity contribution in [3.8, 4) is 0 Å². The van der Waals surface area contributed by atoms with Crippen molar-refractivity contribution in [3.63, 3.8) is 0 Å². The fraction of sp³-hybridized carbons (Fsp3) is 0.500. The Labute approximate surface area is 133 Å². The van der Waals surface area contributed by atoms with Gasteiger partial charge in [-0.3, -0.25) is 15.0 Å². The number of nitro benzene ring substituents is 1. The van der Waals surface area contributed by atoms with Crippen molar-refractivity contribution in [1.82, 2.24) is 14.9 Å². The van der Waals surface area contributed by atoms with Crippen LogP contribution in [0.5, 0.6) is 0 Å². The number of halogens is 1. The molecule has 22 heavy (non-hydrogen) atoms. The van der Waals surface area contributed by atoms with Gasteiger partial charge in [-0.05, 0) is 12.1 Å². The zero-order valence-electron chi connectivity index (χ0n) is 11.8. The van der Waals surface area contributed by atoms with Gasteiger partial charge in [-0.15, -0.1) is 0 Å². The molecular weight excluding hydrogens is 332 g/mol. The molecule has 1 aliphatic heterocycles. The molecule has 2 N–H and O–H groups in total. The number of rotatable bonds is 6. The molecule has 122 valence electrons. The smallest absolute Gasteiger partial charge is 0.289 e. The lowest BCUT2D eigenvalue weighted by molar-refractivity contribution is -0.384. The maximum atomic E-state index is 12.2. The molecule has 1 aromatic rings. The van der Waals surface area contributed by atoms with Gasteiger partial charge in [0.15, 0.2) is 0 Å². The number of hydrogen-bond acceptors (Lipinski definition) is 6. The van der Waals surface area contributed by atoms with Crippen LogP contribution in [-0.2, 0) is 10.0 Å². The van der Waals surface area contributed by atoms with Gasteiger partial charge in [0.1, 0.15) is 5.02 Å². The topological polar surface area (TPSA) is 105 Å². The van der Waals surface area contributed by atoms with Crippen molar-refractivity contribution in [2.45, 2.75) is 4.90 Å². The summed E-state index contributed by atoms with van der Waals surface area (Å²) in [6, 6.07) is 3.43. The van der Waals surface area contributed by atoms with Crippen LogP contribution < -0.4 is 10.0 Å². The van der Waals surface area contributed by atoms with Gasteiger partial charge in [-0.2, -0.15) is 0 Å². The van der Waals surface area contributed by atoms with Crippen LogP contribution >= 0.6 is 11.6 Å². The van der Waals surface area contributed by atoms with E-state index in [2.05, 4.69) is 14.9 Å². The Morgan fingerprint density at radius 3 is 2.68 bits per heavy atom. The van der Waals surface area contributed by atoms with Crippen molar-refractivity contribution >= 4 is 27.3 Å². The standard InChI is InChI=1S/C12H17ClN4O4S/c13-11-2-1-10(9-12(11)17(18)19)22(20,21)15-5-8-16-6-3-14-4-7-16/h1-2,9,14-15H,3-8H2. The number of piperazine rings is 1. The summed E-state index contributed by atoms with van der Waals surface area (Å²) >= 11 is 5.68. The number of nitro groups is 1. The molecule has 1 fully saturated rings.